The molecule has 0 heterocycles. The monoisotopic (exact) mass is 221 g/mol. The maximum Gasteiger partial charge on any atom is 0.120 e. The Morgan fingerprint density at radius 1 is 1.12 bits per heavy atom. The van der Waals surface area contributed by atoms with E-state index in [0.29, 0.717) is 17.7 Å². The van der Waals surface area contributed by atoms with Crippen molar-refractivity contribution in [2.45, 2.75) is 46.7 Å². The molecule has 2 unspecified atom stereocenters. The minimum atomic E-state index is 0.178. The Morgan fingerprint density at radius 2 is 1.75 bits per heavy atom. The van der Waals surface area contributed by atoms with Gasteiger partial charge in [0.15, 0.2) is 0 Å². The summed E-state index contributed by atoms with van der Waals surface area (Å²) in [6, 6.07) is 6.35. The minimum Gasteiger partial charge on any atom is -0.508 e. The first-order chi connectivity index (χ1) is 7.41. The van der Waals surface area contributed by atoms with E-state index in [0.717, 1.165) is 5.56 Å². The van der Waals surface area contributed by atoms with E-state index in [9.17, 15) is 5.11 Å². The van der Waals surface area contributed by atoms with Crippen LogP contribution in [0.1, 0.15) is 44.9 Å². The summed E-state index contributed by atoms with van der Waals surface area (Å²) in [7, 11) is 0. The topological polar surface area (TPSA) is 32.3 Å². The van der Waals surface area contributed by atoms with E-state index in [1.807, 2.05) is 19.1 Å². The van der Waals surface area contributed by atoms with E-state index in [1.165, 1.54) is 5.56 Å². The number of hydrogen-bond donors (Lipinski definition) is 2. The molecular formula is C14H23NO. The predicted octanol–water partition coefficient (Wildman–Crippen LogP) is 3.40. The molecule has 0 spiro atoms. The first kappa shape index (κ1) is 13.0. The molecule has 90 valence electrons. The number of rotatable bonds is 4. The summed E-state index contributed by atoms with van der Waals surface area (Å²) in [6.45, 7) is 10.7. The number of nitrogens with one attached hydrogen (secondary N) is 1. The maximum absolute atomic E-state index is 9.82. The summed E-state index contributed by atoms with van der Waals surface area (Å²) >= 11 is 0. The molecule has 0 aliphatic heterocycles. The van der Waals surface area contributed by atoms with Crippen LogP contribution in [0, 0.1) is 12.8 Å². The number of hydrogen-bond acceptors (Lipinski definition) is 2. The summed E-state index contributed by atoms with van der Waals surface area (Å²) in [4.78, 5) is 0. The summed E-state index contributed by atoms with van der Waals surface area (Å²) in [5.74, 6) is 0.968. The third-order valence-corrected chi connectivity index (χ3v) is 3.16. The van der Waals surface area contributed by atoms with Crippen molar-refractivity contribution in [3.05, 3.63) is 29.3 Å². The summed E-state index contributed by atoms with van der Waals surface area (Å²) in [5.41, 5.74) is 2.16. The van der Waals surface area contributed by atoms with Crippen LogP contribution < -0.4 is 5.32 Å². The second-order valence-electron chi connectivity index (χ2n) is 4.98. The van der Waals surface area contributed by atoms with Crippen molar-refractivity contribution < 1.29 is 5.11 Å². The van der Waals surface area contributed by atoms with Crippen LogP contribution in [0.5, 0.6) is 5.75 Å². The predicted molar refractivity (Wildman–Crippen MR) is 68.7 cm³/mol. The van der Waals surface area contributed by atoms with Gasteiger partial charge in [-0.25, -0.2) is 0 Å². The SMILES string of the molecule is Cc1ccc(O)c(C(C)NC(C)C(C)C)c1. The Kier molecular flexibility index (Phi) is 4.36. The molecule has 16 heavy (non-hydrogen) atoms. The lowest BCUT2D eigenvalue weighted by atomic mass is 10.0. The Bertz CT molecular complexity index is 347. The van der Waals surface area contributed by atoms with Gasteiger partial charge in [0.05, 0.1) is 0 Å². The second kappa shape index (κ2) is 5.35. The summed E-state index contributed by atoms with van der Waals surface area (Å²) in [5, 5.41) is 13.3. The van der Waals surface area contributed by atoms with Gasteiger partial charge >= 0.3 is 0 Å². The Morgan fingerprint density at radius 3 is 2.31 bits per heavy atom. The molecular weight excluding hydrogens is 198 g/mol. The van der Waals surface area contributed by atoms with Gasteiger partial charge in [-0.15, -0.1) is 0 Å². The van der Waals surface area contributed by atoms with Crippen LogP contribution in [0.2, 0.25) is 0 Å². The Balaban J connectivity index is 2.80. The average Bonchev–Trinajstić information content (AvgIpc) is 2.21. The van der Waals surface area contributed by atoms with E-state index in [-0.39, 0.29) is 6.04 Å². The van der Waals surface area contributed by atoms with Gasteiger partial charge in [0.2, 0.25) is 0 Å². The molecule has 1 aromatic rings. The first-order valence-corrected chi connectivity index (χ1v) is 5.97. The normalized spacial score (nSPS) is 15.1. The molecule has 0 amide bonds. The molecule has 0 bridgehead atoms. The van der Waals surface area contributed by atoms with E-state index in [1.54, 1.807) is 6.07 Å². The molecule has 0 aliphatic rings. The number of phenolic OH excluding ortho intramolecular Hbond substituents is 1. The Labute approximate surface area is 98.7 Å². The fraction of sp³-hybridized carbons (Fsp3) is 0.571. The molecule has 1 aromatic carbocycles. The molecule has 2 N–H and O–H groups in total. The van der Waals surface area contributed by atoms with Crippen LogP contribution in [-0.2, 0) is 0 Å². The van der Waals surface area contributed by atoms with Crippen molar-refractivity contribution in [3.63, 3.8) is 0 Å². The maximum atomic E-state index is 9.82. The quantitative estimate of drug-likeness (QED) is 0.816. The van der Waals surface area contributed by atoms with Crippen molar-refractivity contribution in [2.75, 3.05) is 0 Å². The molecule has 0 radical (unpaired) electrons. The highest BCUT2D eigenvalue weighted by atomic mass is 16.3. The average molecular weight is 221 g/mol. The van der Waals surface area contributed by atoms with Crippen LogP contribution >= 0.6 is 0 Å². The lowest BCUT2D eigenvalue weighted by Gasteiger charge is -2.24. The number of aromatic hydroxyl groups is 1. The summed E-state index contributed by atoms with van der Waals surface area (Å²) in [6.07, 6.45) is 0. The van der Waals surface area contributed by atoms with Crippen molar-refractivity contribution in [1.82, 2.24) is 5.32 Å². The van der Waals surface area contributed by atoms with E-state index >= 15 is 0 Å². The molecule has 0 fully saturated rings. The standard InChI is InChI=1S/C14H23NO/c1-9(2)11(4)15-12(5)13-8-10(3)6-7-14(13)16/h6-9,11-12,15-16H,1-5H3. The molecule has 0 saturated carbocycles. The first-order valence-electron chi connectivity index (χ1n) is 5.97. The van der Waals surface area contributed by atoms with Crippen molar-refractivity contribution in [3.8, 4) is 5.75 Å². The van der Waals surface area contributed by atoms with Gasteiger partial charge in [-0.1, -0.05) is 31.5 Å². The zero-order chi connectivity index (χ0) is 12.3. The molecule has 2 nitrogen and oxygen atoms in total. The van der Waals surface area contributed by atoms with Gasteiger partial charge in [-0.3, -0.25) is 0 Å². The smallest absolute Gasteiger partial charge is 0.120 e. The zero-order valence-electron chi connectivity index (χ0n) is 10.9. The number of aryl methyl sites for hydroxylation is 1. The highest BCUT2D eigenvalue weighted by Gasteiger charge is 2.14. The van der Waals surface area contributed by atoms with Crippen LogP contribution in [0.3, 0.4) is 0 Å². The van der Waals surface area contributed by atoms with Crippen LogP contribution in [0.15, 0.2) is 18.2 Å². The van der Waals surface area contributed by atoms with Crippen LogP contribution in [-0.4, -0.2) is 11.1 Å². The van der Waals surface area contributed by atoms with Crippen molar-refractivity contribution in [1.29, 1.82) is 0 Å². The van der Waals surface area contributed by atoms with E-state index < -0.39 is 0 Å². The van der Waals surface area contributed by atoms with Gasteiger partial charge < -0.3 is 10.4 Å². The Hall–Kier alpha value is -1.02. The number of phenols is 1. The van der Waals surface area contributed by atoms with Gasteiger partial charge in [0, 0.05) is 17.6 Å². The molecule has 2 atom stereocenters. The minimum absolute atomic E-state index is 0.178. The van der Waals surface area contributed by atoms with Gasteiger partial charge in [0.1, 0.15) is 5.75 Å². The lowest BCUT2D eigenvalue weighted by molar-refractivity contribution is 0.379. The van der Waals surface area contributed by atoms with E-state index in [2.05, 4.69) is 33.0 Å². The van der Waals surface area contributed by atoms with Crippen LogP contribution in [0.25, 0.3) is 0 Å². The van der Waals surface area contributed by atoms with Gasteiger partial charge in [-0.2, -0.15) is 0 Å². The zero-order valence-corrected chi connectivity index (χ0v) is 10.9. The highest BCUT2D eigenvalue weighted by Crippen LogP contribution is 2.25. The molecule has 2 heteroatoms. The van der Waals surface area contributed by atoms with Crippen LogP contribution in [0.4, 0.5) is 0 Å². The molecule has 0 aliphatic carbocycles. The third kappa shape index (κ3) is 3.24. The third-order valence-electron chi connectivity index (χ3n) is 3.16. The fourth-order valence-electron chi connectivity index (χ4n) is 1.70. The second-order valence-corrected chi connectivity index (χ2v) is 4.98. The molecule has 1 rings (SSSR count). The van der Waals surface area contributed by atoms with Gasteiger partial charge in [0.25, 0.3) is 0 Å². The molecule has 0 aromatic heterocycles. The van der Waals surface area contributed by atoms with Crippen molar-refractivity contribution in [2.24, 2.45) is 5.92 Å². The largest absolute Gasteiger partial charge is 0.508 e. The molecule has 0 saturated heterocycles. The van der Waals surface area contributed by atoms with E-state index in [4.69, 9.17) is 0 Å². The lowest BCUT2D eigenvalue weighted by Crippen LogP contribution is -2.33. The fourth-order valence-corrected chi connectivity index (χ4v) is 1.70. The summed E-state index contributed by atoms with van der Waals surface area (Å²) < 4.78 is 0. The van der Waals surface area contributed by atoms with Gasteiger partial charge in [-0.05, 0) is 32.8 Å². The van der Waals surface area contributed by atoms with Crippen molar-refractivity contribution >= 4 is 0 Å². The number of benzene rings is 1. The highest BCUT2D eigenvalue weighted by molar-refractivity contribution is 5.37.